The fourth-order valence-electron chi connectivity index (χ4n) is 3.10. The van der Waals surface area contributed by atoms with Crippen LogP contribution >= 0.6 is 11.8 Å². The van der Waals surface area contributed by atoms with Crippen molar-refractivity contribution in [3.63, 3.8) is 0 Å². The van der Waals surface area contributed by atoms with Crippen LogP contribution in [0.3, 0.4) is 0 Å². The van der Waals surface area contributed by atoms with Crippen molar-refractivity contribution in [3.8, 4) is 0 Å². The number of fused-ring (bicyclic) bond motifs is 3. The van der Waals surface area contributed by atoms with Crippen LogP contribution in [0.15, 0.2) is 42.5 Å². The number of para-hydroxylation sites is 1. The molecule has 0 radical (unpaired) electrons. The van der Waals surface area contributed by atoms with Crippen molar-refractivity contribution in [2.24, 2.45) is 0 Å². The summed E-state index contributed by atoms with van der Waals surface area (Å²) in [4.78, 5) is 23.4. The number of rotatable bonds is 7. The lowest BCUT2D eigenvalue weighted by Gasteiger charge is -2.07. The van der Waals surface area contributed by atoms with E-state index in [4.69, 9.17) is 4.74 Å². The third-order valence-electron chi connectivity index (χ3n) is 4.13. The van der Waals surface area contributed by atoms with E-state index in [1.807, 2.05) is 30.3 Å². The van der Waals surface area contributed by atoms with Gasteiger partial charge in [-0.3, -0.25) is 9.59 Å². The molecule has 3 aromatic rings. The Morgan fingerprint density at radius 2 is 1.81 bits per heavy atom. The fourth-order valence-corrected chi connectivity index (χ4v) is 3.71. The zero-order chi connectivity index (χ0) is 18.5. The van der Waals surface area contributed by atoms with Crippen molar-refractivity contribution in [1.82, 2.24) is 4.57 Å². The average Bonchev–Trinajstić information content (AvgIpc) is 2.95. The van der Waals surface area contributed by atoms with Crippen LogP contribution in [-0.4, -0.2) is 34.6 Å². The van der Waals surface area contributed by atoms with Gasteiger partial charge < -0.3 is 14.6 Å². The Labute approximate surface area is 156 Å². The number of ether oxygens (including phenoxy) is 1. The molecule has 0 saturated carbocycles. The molecule has 5 nitrogen and oxygen atoms in total. The first-order valence-corrected chi connectivity index (χ1v) is 9.83. The molecule has 0 aliphatic carbocycles. The number of nitrogens with one attached hydrogen (secondary N) is 1. The summed E-state index contributed by atoms with van der Waals surface area (Å²) in [5.41, 5.74) is 3.11. The Hall–Kier alpha value is -2.47. The highest BCUT2D eigenvalue weighted by atomic mass is 32.2. The van der Waals surface area contributed by atoms with Crippen molar-refractivity contribution in [2.75, 3.05) is 23.4 Å². The van der Waals surface area contributed by atoms with Gasteiger partial charge >= 0.3 is 5.97 Å². The molecule has 3 rings (SSSR count). The number of benzene rings is 2. The molecular weight excluding hydrogens is 348 g/mol. The number of anilines is 1. The molecule has 0 aliphatic heterocycles. The van der Waals surface area contributed by atoms with Gasteiger partial charge in [0.05, 0.1) is 18.1 Å². The fraction of sp³-hybridized carbons (Fsp3) is 0.300. The Bertz CT molecular complexity index is 949. The van der Waals surface area contributed by atoms with Crippen LogP contribution in [0.1, 0.15) is 13.8 Å². The summed E-state index contributed by atoms with van der Waals surface area (Å²) in [5.74, 6) is -0.0188. The molecule has 0 fully saturated rings. The molecule has 1 amide bonds. The van der Waals surface area contributed by atoms with E-state index >= 15 is 0 Å². The van der Waals surface area contributed by atoms with Crippen LogP contribution in [0, 0.1) is 0 Å². The Kier molecular flexibility index (Phi) is 5.83. The van der Waals surface area contributed by atoms with Crippen molar-refractivity contribution >= 4 is 51.1 Å². The monoisotopic (exact) mass is 370 g/mol. The molecule has 1 N–H and O–H groups in total. The smallest absolute Gasteiger partial charge is 0.315 e. The van der Waals surface area contributed by atoms with Crippen LogP contribution in [-0.2, 0) is 20.9 Å². The summed E-state index contributed by atoms with van der Waals surface area (Å²) in [6, 6.07) is 14.3. The minimum atomic E-state index is -0.293. The van der Waals surface area contributed by atoms with Crippen LogP contribution in [0.2, 0.25) is 0 Å². The van der Waals surface area contributed by atoms with E-state index in [-0.39, 0.29) is 23.4 Å². The van der Waals surface area contributed by atoms with E-state index in [0.29, 0.717) is 6.61 Å². The van der Waals surface area contributed by atoms with E-state index in [2.05, 4.69) is 28.9 Å². The van der Waals surface area contributed by atoms with E-state index in [1.165, 1.54) is 22.7 Å². The number of hydrogen-bond donors (Lipinski definition) is 1. The zero-order valence-corrected chi connectivity index (χ0v) is 15.8. The molecule has 136 valence electrons. The summed E-state index contributed by atoms with van der Waals surface area (Å²) in [6.45, 7) is 5.14. The summed E-state index contributed by atoms with van der Waals surface area (Å²) in [5, 5.41) is 5.21. The second-order valence-corrected chi connectivity index (χ2v) is 6.82. The van der Waals surface area contributed by atoms with Gasteiger partial charge in [0, 0.05) is 34.0 Å². The van der Waals surface area contributed by atoms with Gasteiger partial charge in [-0.1, -0.05) is 18.2 Å². The highest BCUT2D eigenvalue weighted by molar-refractivity contribution is 8.00. The van der Waals surface area contributed by atoms with E-state index < -0.39 is 0 Å². The average molecular weight is 370 g/mol. The van der Waals surface area contributed by atoms with E-state index in [9.17, 15) is 9.59 Å². The molecule has 0 bridgehead atoms. The number of hydrogen-bond acceptors (Lipinski definition) is 4. The van der Waals surface area contributed by atoms with Gasteiger partial charge in [0.2, 0.25) is 5.91 Å². The van der Waals surface area contributed by atoms with Gasteiger partial charge in [-0.2, -0.15) is 0 Å². The first kappa shape index (κ1) is 18.3. The molecule has 0 spiro atoms. The summed E-state index contributed by atoms with van der Waals surface area (Å²) < 4.78 is 7.12. The molecule has 0 unspecified atom stereocenters. The minimum absolute atomic E-state index is 0.127. The van der Waals surface area contributed by atoms with Crippen LogP contribution in [0.25, 0.3) is 21.8 Å². The maximum absolute atomic E-state index is 12.1. The van der Waals surface area contributed by atoms with Crippen LogP contribution < -0.4 is 5.32 Å². The molecule has 6 heteroatoms. The molecule has 0 atom stereocenters. The normalized spacial score (nSPS) is 11.0. The molecule has 26 heavy (non-hydrogen) atoms. The van der Waals surface area contributed by atoms with E-state index in [1.54, 1.807) is 6.92 Å². The summed E-state index contributed by atoms with van der Waals surface area (Å²) in [7, 11) is 0. The minimum Gasteiger partial charge on any atom is -0.465 e. The third kappa shape index (κ3) is 3.85. The molecule has 2 aromatic carbocycles. The Morgan fingerprint density at radius 1 is 1.04 bits per heavy atom. The van der Waals surface area contributed by atoms with Gasteiger partial charge in [-0.15, -0.1) is 11.8 Å². The largest absolute Gasteiger partial charge is 0.465 e. The molecule has 0 aliphatic rings. The molecule has 1 aromatic heterocycles. The number of aryl methyl sites for hydroxylation is 1. The van der Waals surface area contributed by atoms with Crippen molar-refractivity contribution in [1.29, 1.82) is 0 Å². The zero-order valence-electron chi connectivity index (χ0n) is 15.0. The third-order valence-corrected chi connectivity index (χ3v) is 5.04. The highest BCUT2D eigenvalue weighted by Crippen LogP contribution is 2.30. The number of thioether (sulfide) groups is 1. The van der Waals surface area contributed by atoms with Crippen molar-refractivity contribution in [2.45, 2.75) is 20.4 Å². The first-order chi connectivity index (χ1) is 12.6. The molecular formula is C20H22N2O3S. The summed E-state index contributed by atoms with van der Waals surface area (Å²) in [6.07, 6.45) is 0. The van der Waals surface area contributed by atoms with Crippen LogP contribution in [0.4, 0.5) is 5.69 Å². The van der Waals surface area contributed by atoms with Crippen molar-refractivity contribution in [3.05, 3.63) is 42.5 Å². The SMILES string of the molecule is CCOC(=O)CSCC(=O)Nc1ccc2c(c1)c1ccccc1n2CC. The second kappa shape index (κ2) is 8.27. The van der Waals surface area contributed by atoms with E-state index in [0.717, 1.165) is 23.1 Å². The second-order valence-electron chi connectivity index (χ2n) is 5.84. The van der Waals surface area contributed by atoms with Gasteiger partial charge in [-0.05, 0) is 38.1 Å². The maximum atomic E-state index is 12.1. The summed E-state index contributed by atoms with van der Waals surface area (Å²) >= 11 is 1.25. The lowest BCUT2D eigenvalue weighted by atomic mass is 10.1. The Balaban J connectivity index is 1.74. The standard InChI is InChI=1S/C20H22N2O3S/c1-3-22-17-8-6-5-7-15(17)16-11-14(9-10-18(16)22)21-19(23)12-26-13-20(24)25-4-2/h5-11H,3-4,12-13H2,1-2H3,(H,21,23). The maximum Gasteiger partial charge on any atom is 0.315 e. The van der Waals surface area contributed by atoms with Gasteiger partial charge in [0.1, 0.15) is 0 Å². The van der Waals surface area contributed by atoms with Crippen LogP contribution in [0.5, 0.6) is 0 Å². The number of carbonyl (C=O) groups is 2. The number of nitrogens with zero attached hydrogens (tertiary/aromatic N) is 1. The van der Waals surface area contributed by atoms with Gasteiger partial charge in [0.15, 0.2) is 0 Å². The lowest BCUT2D eigenvalue weighted by molar-refractivity contribution is -0.139. The predicted molar refractivity (Wildman–Crippen MR) is 108 cm³/mol. The number of carbonyl (C=O) groups excluding carboxylic acids is 2. The number of amides is 1. The number of esters is 1. The quantitative estimate of drug-likeness (QED) is 0.638. The highest BCUT2D eigenvalue weighted by Gasteiger charge is 2.11. The number of aromatic nitrogens is 1. The topological polar surface area (TPSA) is 60.3 Å². The first-order valence-electron chi connectivity index (χ1n) is 8.68. The van der Waals surface area contributed by atoms with Crippen molar-refractivity contribution < 1.29 is 14.3 Å². The lowest BCUT2D eigenvalue weighted by Crippen LogP contribution is -2.16. The van der Waals surface area contributed by atoms with Gasteiger partial charge in [0.25, 0.3) is 0 Å². The van der Waals surface area contributed by atoms with Gasteiger partial charge in [-0.25, -0.2) is 0 Å². The Morgan fingerprint density at radius 3 is 2.58 bits per heavy atom. The molecule has 0 saturated heterocycles. The molecule has 1 heterocycles. The predicted octanol–water partition coefficient (Wildman–Crippen LogP) is 4.05.